The van der Waals surface area contributed by atoms with Crippen LogP contribution >= 0.6 is 27.3 Å². The van der Waals surface area contributed by atoms with Crippen molar-refractivity contribution in [3.05, 3.63) is 60.7 Å². The summed E-state index contributed by atoms with van der Waals surface area (Å²) in [5.41, 5.74) is 1.34. The molecule has 1 aliphatic rings. The van der Waals surface area contributed by atoms with Gasteiger partial charge in [0.25, 0.3) is 5.69 Å². The van der Waals surface area contributed by atoms with Crippen molar-refractivity contribution in [3.63, 3.8) is 0 Å². The minimum absolute atomic E-state index is 0.167. The third-order valence-corrected chi connectivity index (χ3v) is 5.94. The largest absolute Gasteiger partial charge is 0.322 e. The highest BCUT2D eigenvalue weighted by molar-refractivity contribution is 9.11. The Hall–Kier alpha value is -1.28. The van der Waals surface area contributed by atoms with Crippen LogP contribution in [-0.4, -0.2) is 31.1 Å². The Balaban J connectivity index is 1.48. The Kier molecular flexibility index (Phi) is 5.42. The highest BCUT2D eigenvalue weighted by Crippen LogP contribution is 2.21. The van der Waals surface area contributed by atoms with E-state index in [2.05, 4.69) is 28.1 Å². The summed E-state index contributed by atoms with van der Waals surface area (Å²) in [4.78, 5) is 15.0. The van der Waals surface area contributed by atoms with Crippen molar-refractivity contribution in [2.24, 2.45) is 0 Å². The molecule has 0 radical (unpaired) electrons. The molecule has 0 unspecified atom stereocenters. The first kappa shape index (κ1) is 16.6. The normalized spacial score (nSPS) is 21.3. The average Bonchev–Trinajstić information content (AvgIpc) is 2.95. The zero-order chi connectivity index (χ0) is 16.2. The monoisotopic (exact) mass is 397 g/mol. The molecule has 0 amide bonds. The summed E-state index contributed by atoms with van der Waals surface area (Å²) in [5.74, 6) is 0. The second-order valence-corrected chi connectivity index (χ2v) is 8.53. The second-order valence-electron chi connectivity index (χ2n) is 5.98. The van der Waals surface area contributed by atoms with Gasteiger partial charge in [0.2, 0.25) is 0 Å². The third kappa shape index (κ3) is 4.60. The van der Waals surface area contributed by atoms with E-state index < -0.39 is 0 Å². The van der Waals surface area contributed by atoms with Crippen LogP contribution in [0, 0.1) is 10.1 Å². The number of halogens is 1. The third-order valence-electron chi connectivity index (χ3n) is 4.32. The molecule has 0 spiro atoms. The van der Waals surface area contributed by atoms with Crippen LogP contribution in [0.4, 0.5) is 5.69 Å². The van der Waals surface area contributed by atoms with E-state index in [0.29, 0.717) is 0 Å². The molecule has 3 rings (SSSR count). The molecule has 7 heteroatoms. The molecule has 0 atom stereocenters. The van der Waals surface area contributed by atoms with E-state index in [-0.39, 0.29) is 10.6 Å². The fraction of sp³-hybridized carbons (Fsp3) is 0.375. The fourth-order valence-corrected chi connectivity index (χ4v) is 4.58. The maximum absolute atomic E-state index is 10.7. The molecule has 2 N–H and O–H groups in total. The van der Waals surface area contributed by atoms with Gasteiger partial charge in [0, 0.05) is 17.7 Å². The number of nitro groups is 1. The van der Waals surface area contributed by atoms with Gasteiger partial charge in [-0.1, -0.05) is 0 Å². The van der Waals surface area contributed by atoms with E-state index in [9.17, 15) is 10.1 Å². The Morgan fingerprint density at radius 2 is 1.61 bits per heavy atom. The number of benzene rings is 1. The smallest absolute Gasteiger partial charge is 0.269 e. The van der Waals surface area contributed by atoms with Crippen molar-refractivity contribution in [3.8, 4) is 0 Å². The lowest BCUT2D eigenvalue weighted by molar-refractivity contribution is -1.02. The summed E-state index contributed by atoms with van der Waals surface area (Å²) in [7, 11) is 0. The van der Waals surface area contributed by atoms with Gasteiger partial charge in [-0.2, -0.15) is 0 Å². The van der Waals surface area contributed by atoms with Gasteiger partial charge >= 0.3 is 0 Å². The minimum atomic E-state index is -0.346. The molecule has 2 aromatic rings. The predicted octanol–water partition coefficient (Wildman–Crippen LogP) is 0.902. The van der Waals surface area contributed by atoms with Crippen molar-refractivity contribution in [1.82, 2.24) is 0 Å². The number of nitrogens with one attached hydrogen (secondary N) is 2. The van der Waals surface area contributed by atoms with Crippen LogP contribution in [0.15, 0.2) is 40.2 Å². The van der Waals surface area contributed by atoms with Gasteiger partial charge in [0.15, 0.2) is 0 Å². The summed E-state index contributed by atoms with van der Waals surface area (Å²) in [5, 5.41) is 10.7. The predicted molar refractivity (Wildman–Crippen MR) is 93.9 cm³/mol. The Morgan fingerprint density at radius 1 is 1.00 bits per heavy atom. The fourth-order valence-electron chi connectivity index (χ4n) is 3.03. The van der Waals surface area contributed by atoms with E-state index in [1.807, 2.05) is 23.5 Å². The van der Waals surface area contributed by atoms with Gasteiger partial charge in [0.05, 0.1) is 13.6 Å². The molecule has 0 bridgehead atoms. The number of nitro benzene ring substituents is 1. The maximum atomic E-state index is 10.7. The first-order valence-corrected chi connectivity index (χ1v) is 9.36. The summed E-state index contributed by atoms with van der Waals surface area (Å²) >= 11 is 5.34. The lowest BCUT2D eigenvalue weighted by atomic mass is 10.2. The number of thiophene rings is 1. The first-order valence-electron chi connectivity index (χ1n) is 7.75. The maximum Gasteiger partial charge on any atom is 0.269 e. The van der Waals surface area contributed by atoms with E-state index in [1.54, 1.807) is 21.9 Å². The summed E-state index contributed by atoms with van der Waals surface area (Å²) in [6.07, 6.45) is 0. The molecule has 1 fully saturated rings. The molecule has 5 nitrogen and oxygen atoms in total. The van der Waals surface area contributed by atoms with Crippen molar-refractivity contribution in [2.75, 3.05) is 26.2 Å². The number of quaternary nitrogens is 2. The summed E-state index contributed by atoms with van der Waals surface area (Å²) < 4.78 is 1.20. The number of hydrogen-bond donors (Lipinski definition) is 2. The molecule has 1 aliphatic heterocycles. The van der Waals surface area contributed by atoms with Gasteiger partial charge in [-0.05, 0) is 40.2 Å². The van der Waals surface area contributed by atoms with Crippen LogP contribution in [0.2, 0.25) is 0 Å². The van der Waals surface area contributed by atoms with Crippen molar-refractivity contribution in [1.29, 1.82) is 0 Å². The molecule has 1 aromatic heterocycles. The zero-order valence-corrected chi connectivity index (χ0v) is 15.2. The highest BCUT2D eigenvalue weighted by atomic mass is 79.9. The molecule has 1 saturated heterocycles. The molecular formula is C16H20BrN3O2S+2. The summed E-state index contributed by atoms with van der Waals surface area (Å²) in [6.45, 7) is 6.73. The minimum Gasteiger partial charge on any atom is -0.322 e. The first-order chi connectivity index (χ1) is 11.1. The number of nitrogens with zero attached hydrogens (tertiary/aromatic N) is 1. The number of rotatable bonds is 5. The van der Waals surface area contributed by atoms with Crippen LogP contribution in [-0.2, 0) is 13.1 Å². The molecular weight excluding hydrogens is 378 g/mol. The van der Waals surface area contributed by atoms with E-state index in [1.165, 1.54) is 27.3 Å². The lowest BCUT2D eigenvalue weighted by Crippen LogP contribution is -3.27. The quantitative estimate of drug-likeness (QED) is 0.581. The van der Waals surface area contributed by atoms with Gasteiger partial charge in [-0.15, -0.1) is 11.3 Å². The molecule has 0 saturated carbocycles. The van der Waals surface area contributed by atoms with Gasteiger partial charge in [-0.25, -0.2) is 0 Å². The van der Waals surface area contributed by atoms with Crippen molar-refractivity contribution >= 4 is 33.0 Å². The Bertz CT molecular complexity index is 666. The van der Waals surface area contributed by atoms with Crippen LogP contribution in [0.5, 0.6) is 0 Å². The van der Waals surface area contributed by atoms with E-state index in [0.717, 1.165) is 26.2 Å². The number of piperazine rings is 1. The molecule has 122 valence electrons. The Labute approximate surface area is 147 Å². The SMILES string of the molecule is O=[N+]([O-])c1ccc(C[NH+]2CC[NH+](Cc3ccc(Br)s3)CC2)cc1. The van der Waals surface area contributed by atoms with Crippen LogP contribution < -0.4 is 9.80 Å². The van der Waals surface area contributed by atoms with Gasteiger partial charge in [-0.3, -0.25) is 10.1 Å². The summed E-state index contributed by atoms with van der Waals surface area (Å²) in [6, 6.07) is 11.3. The number of non-ortho nitro benzene ring substituents is 1. The standard InChI is InChI=1S/C16H18BrN3O2S/c17-16-6-5-15(23-16)12-19-9-7-18(8-10-19)11-13-1-3-14(4-2-13)20(21)22/h1-6H,7-12H2/p+2. The van der Waals surface area contributed by atoms with Crippen LogP contribution in [0.25, 0.3) is 0 Å². The van der Waals surface area contributed by atoms with Crippen LogP contribution in [0.3, 0.4) is 0 Å². The number of hydrogen-bond acceptors (Lipinski definition) is 3. The van der Waals surface area contributed by atoms with Crippen molar-refractivity contribution in [2.45, 2.75) is 13.1 Å². The second kappa shape index (κ2) is 7.53. The van der Waals surface area contributed by atoms with E-state index in [4.69, 9.17) is 0 Å². The molecule has 2 heterocycles. The molecule has 1 aromatic carbocycles. The topological polar surface area (TPSA) is 52.0 Å². The molecule has 0 aliphatic carbocycles. The van der Waals surface area contributed by atoms with Gasteiger partial charge < -0.3 is 9.80 Å². The van der Waals surface area contributed by atoms with Crippen LogP contribution in [0.1, 0.15) is 10.4 Å². The van der Waals surface area contributed by atoms with E-state index >= 15 is 0 Å². The average molecular weight is 398 g/mol. The molecule has 23 heavy (non-hydrogen) atoms. The zero-order valence-electron chi connectivity index (χ0n) is 12.8. The highest BCUT2D eigenvalue weighted by Gasteiger charge is 2.23. The van der Waals surface area contributed by atoms with Crippen molar-refractivity contribution < 1.29 is 14.7 Å². The lowest BCUT2D eigenvalue weighted by Gasteiger charge is -2.29. The Morgan fingerprint density at radius 3 is 2.13 bits per heavy atom. The van der Waals surface area contributed by atoms with Gasteiger partial charge in [0.1, 0.15) is 39.3 Å².